The second-order valence-corrected chi connectivity index (χ2v) is 8.71. The highest BCUT2D eigenvalue weighted by atomic mass is 35.5. The van der Waals surface area contributed by atoms with Crippen molar-refractivity contribution in [3.8, 4) is 11.1 Å². The van der Waals surface area contributed by atoms with E-state index in [9.17, 15) is 4.39 Å². The van der Waals surface area contributed by atoms with E-state index < -0.39 is 0 Å². The van der Waals surface area contributed by atoms with E-state index in [0.29, 0.717) is 36.9 Å². The molecule has 0 atom stereocenters. The highest BCUT2D eigenvalue weighted by Gasteiger charge is 2.24. The first kappa shape index (κ1) is 19.5. The quantitative estimate of drug-likeness (QED) is 0.345. The average molecular weight is 459 g/mol. The van der Waals surface area contributed by atoms with Crippen LogP contribution in [-0.4, -0.2) is 36.1 Å². The first-order valence-corrected chi connectivity index (χ1v) is 11.2. The van der Waals surface area contributed by atoms with Crippen LogP contribution in [0.15, 0.2) is 53.9 Å². The number of rotatable bonds is 3. The van der Waals surface area contributed by atoms with Gasteiger partial charge in [0, 0.05) is 42.1 Å². The maximum atomic E-state index is 14.2. The third-order valence-corrected chi connectivity index (χ3v) is 6.61. The van der Waals surface area contributed by atoms with Crippen molar-refractivity contribution in [1.82, 2.24) is 9.97 Å². The van der Waals surface area contributed by atoms with Crippen LogP contribution in [0.5, 0.6) is 0 Å². The number of fused-ring (bicyclic) bond motifs is 1. The summed E-state index contributed by atoms with van der Waals surface area (Å²) in [5.74, 6) is 0.630. The minimum absolute atomic E-state index is 0.193. The minimum atomic E-state index is -0.193. The maximum absolute atomic E-state index is 14.2. The molecule has 1 aliphatic heterocycles. The lowest BCUT2D eigenvalue weighted by atomic mass is 10.1. The van der Waals surface area contributed by atoms with Gasteiger partial charge in [-0.25, -0.2) is 9.37 Å². The molecule has 0 unspecified atom stereocenters. The van der Waals surface area contributed by atoms with Crippen LogP contribution in [0.1, 0.15) is 0 Å². The van der Waals surface area contributed by atoms with Crippen molar-refractivity contribution in [3.05, 3.63) is 70.0 Å². The summed E-state index contributed by atoms with van der Waals surface area (Å²) in [5, 5.41) is 4.00. The molecule has 0 bridgehead atoms. The Hall–Kier alpha value is -2.41. The number of aromatic nitrogens is 2. The van der Waals surface area contributed by atoms with Crippen LogP contribution < -0.4 is 9.80 Å². The molecule has 1 fully saturated rings. The molecule has 30 heavy (non-hydrogen) atoms. The van der Waals surface area contributed by atoms with Crippen molar-refractivity contribution < 1.29 is 4.39 Å². The fourth-order valence-corrected chi connectivity index (χ4v) is 5.12. The summed E-state index contributed by atoms with van der Waals surface area (Å²) in [6.07, 6.45) is 0. The van der Waals surface area contributed by atoms with Crippen molar-refractivity contribution in [2.75, 3.05) is 36.0 Å². The molecule has 0 saturated carbocycles. The van der Waals surface area contributed by atoms with E-state index >= 15 is 0 Å². The van der Waals surface area contributed by atoms with Crippen LogP contribution in [0.25, 0.3) is 21.3 Å². The number of para-hydroxylation sites is 1. The molecule has 1 aliphatic rings. The largest absolute Gasteiger partial charge is 0.366 e. The number of thiophene rings is 1. The van der Waals surface area contributed by atoms with E-state index in [-0.39, 0.29) is 11.1 Å². The highest BCUT2D eigenvalue weighted by Crippen LogP contribution is 2.39. The monoisotopic (exact) mass is 458 g/mol. The minimum Gasteiger partial charge on any atom is -0.366 e. The Morgan fingerprint density at radius 2 is 1.57 bits per heavy atom. The first-order valence-electron chi connectivity index (χ1n) is 9.55. The third kappa shape index (κ3) is 3.60. The van der Waals surface area contributed by atoms with Crippen LogP contribution in [0.4, 0.5) is 15.9 Å². The molecular weight excluding hydrogens is 442 g/mol. The lowest BCUT2D eigenvalue weighted by Gasteiger charge is -2.37. The Morgan fingerprint density at radius 1 is 0.867 bits per heavy atom. The number of halogens is 3. The number of anilines is 2. The Balaban J connectivity index is 1.49. The van der Waals surface area contributed by atoms with Gasteiger partial charge in [-0.05, 0) is 41.4 Å². The van der Waals surface area contributed by atoms with Crippen LogP contribution in [0, 0.1) is 5.82 Å². The van der Waals surface area contributed by atoms with Gasteiger partial charge in [0.1, 0.15) is 16.5 Å². The summed E-state index contributed by atoms with van der Waals surface area (Å²) in [4.78, 5) is 14.1. The molecule has 4 aromatic rings. The normalized spacial score (nSPS) is 14.5. The molecule has 0 aliphatic carbocycles. The van der Waals surface area contributed by atoms with Gasteiger partial charge in [0.25, 0.3) is 0 Å². The van der Waals surface area contributed by atoms with E-state index in [0.717, 1.165) is 27.2 Å². The molecule has 2 aromatic heterocycles. The van der Waals surface area contributed by atoms with Gasteiger partial charge in [-0.3, -0.25) is 0 Å². The van der Waals surface area contributed by atoms with Crippen LogP contribution >= 0.6 is 34.5 Å². The lowest BCUT2D eigenvalue weighted by molar-refractivity contribution is 0.596. The van der Waals surface area contributed by atoms with Gasteiger partial charge in [-0.1, -0.05) is 35.9 Å². The Labute approximate surface area is 187 Å². The summed E-state index contributed by atoms with van der Waals surface area (Å²) in [5.41, 5.74) is 2.76. The van der Waals surface area contributed by atoms with Gasteiger partial charge >= 0.3 is 0 Å². The van der Waals surface area contributed by atoms with Gasteiger partial charge in [-0.15, -0.1) is 11.3 Å². The highest BCUT2D eigenvalue weighted by molar-refractivity contribution is 7.17. The van der Waals surface area contributed by atoms with Crippen LogP contribution in [-0.2, 0) is 0 Å². The van der Waals surface area contributed by atoms with Crippen molar-refractivity contribution in [2.45, 2.75) is 0 Å². The van der Waals surface area contributed by atoms with Crippen molar-refractivity contribution in [2.24, 2.45) is 0 Å². The Kier molecular flexibility index (Phi) is 5.23. The van der Waals surface area contributed by atoms with Crippen molar-refractivity contribution >= 4 is 56.3 Å². The lowest BCUT2D eigenvalue weighted by Crippen LogP contribution is -2.47. The average Bonchev–Trinajstić information content (AvgIpc) is 3.18. The van der Waals surface area contributed by atoms with Gasteiger partial charge in [0.2, 0.25) is 5.28 Å². The van der Waals surface area contributed by atoms with Crippen molar-refractivity contribution in [1.29, 1.82) is 0 Å². The molecule has 2 aromatic carbocycles. The predicted molar refractivity (Wildman–Crippen MR) is 124 cm³/mol. The van der Waals surface area contributed by atoms with E-state index in [4.69, 9.17) is 23.2 Å². The van der Waals surface area contributed by atoms with Gasteiger partial charge in [-0.2, -0.15) is 4.98 Å². The van der Waals surface area contributed by atoms with Crippen LogP contribution in [0.3, 0.4) is 0 Å². The molecule has 8 heteroatoms. The van der Waals surface area contributed by atoms with E-state index in [1.54, 1.807) is 17.4 Å². The Morgan fingerprint density at radius 3 is 2.30 bits per heavy atom. The summed E-state index contributed by atoms with van der Waals surface area (Å²) in [7, 11) is 0. The van der Waals surface area contributed by atoms with E-state index in [2.05, 4.69) is 25.1 Å². The summed E-state index contributed by atoms with van der Waals surface area (Å²) >= 11 is 13.9. The fraction of sp³-hybridized carbons (Fsp3) is 0.182. The summed E-state index contributed by atoms with van der Waals surface area (Å²) in [6.45, 7) is 2.83. The van der Waals surface area contributed by atoms with E-state index in [1.807, 2.05) is 36.4 Å². The molecule has 4 nitrogen and oxygen atoms in total. The SMILES string of the molecule is Fc1ccccc1N1CCN(c2nc(Cl)nc3scc(-c4ccc(Cl)cc4)c23)CC1. The Bertz CT molecular complexity index is 1200. The standard InChI is InChI=1S/C22H17Cl2FN4S/c23-15-7-5-14(6-8-15)16-13-30-21-19(16)20(26-22(24)27-21)29-11-9-28(10-12-29)18-4-2-1-3-17(18)25/h1-8,13H,9-12H2. The number of hydrogen-bond donors (Lipinski definition) is 0. The molecule has 0 N–H and O–H groups in total. The number of nitrogens with zero attached hydrogens (tertiary/aromatic N) is 4. The molecule has 152 valence electrons. The maximum Gasteiger partial charge on any atom is 0.225 e. The predicted octanol–water partition coefficient (Wildman–Crippen LogP) is 6.13. The third-order valence-electron chi connectivity index (χ3n) is 5.31. The first-order chi connectivity index (χ1) is 14.6. The zero-order valence-electron chi connectivity index (χ0n) is 15.9. The topological polar surface area (TPSA) is 32.3 Å². The summed E-state index contributed by atoms with van der Waals surface area (Å²) < 4.78 is 14.2. The molecule has 3 heterocycles. The van der Waals surface area contributed by atoms with E-state index in [1.165, 1.54) is 6.07 Å². The molecule has 0 radical (unpaired) electrons. The second kappa shape index (κ2) is 8.02. The molecule has 0 spiro atoms. The fourth-order valence-electron chi connectivity index (χ4n) is 3.84. The van der Waals surface area contributed by atoms with Gasteiger partial charge < -0.3 is 9.80 Å². The molecule has 5 rings (SSSR count). The van der Waals surface area contributed by atoms with Gasteiger partial charge in [0.15, 0.2) is 0 Å². The molecule has 1 saturated heterocycles. The van der Waals surface area contributed by atoms with Crippen LogP contribution in [0.2, 0.25) is 10.3 Å². The zero-order chi connectivity index (χ0) is 20.7. The smallest absolute Gasteiger partial charge is 0.225 e. The zero-order valence-corrected chi connectivity index (χ0v) is 18.2. The van der Waals surface area contributed by atoms with Gasteiger partial charge in [0.05, 0.1) is 11.1 Å². The number of benzene rings is 2. The second-order valence-electron chi connectivity index (χ2n) is 7.08. The molecule has 0 amide bonds. The van der Waals surface area contributed by atoms with Crippen molar-refractivity contribution in [3.63, 3.8) is 0 Å². The number of piperazine rings is 1. The summed E-state index contributed by atoms with van der Waals surface area (Å²) in [6, 6.07) is 14.7. The molecular formula is C22H17Cl2FN4S. The number of hydrogen-bond acceptors (Lipinski definition) is 5.